The van der Waals surface area contributed by atoms with Gasteiger partial charge < -0.3 is 10.6 Å². The van der Waals surface area contributed by atoms with Crippen molar-refractivity contribution >= 4 is 34.9 Å². The molecule has 1 aliphatic heterocycles. The molecule has 1 fully saturated rings. The van der Waals surface area contributed by atoms with Gasteiger partial charge in [0.1, 0.15) is 0 Å². The Kier molecular flexibility index (Phi) is 4.40. The second-order valence-electron chi connectivity index (χ2n) is 4.13. The van der Waals surface area contributed by atoms with Crippen LogP contribution in [0.1, 0.15) is 26.2 Å². The van der Waals surface area contributed by atoms with Crippen molar-refractivity contribution in [3.63, 3.8) is 0 Å². The lowest BCUT2D eigenvalue weighted by atomic mass is 10.0. The minimum Gasteiger partial charge on any atom is -0.393 e. The molecule has 0 bridgehead atoms. The molecular weight excluding hydrogens is 228 g/mol. The lowest BCUT2D eigenvalue weighted by Crippen LogP contribution is -2.42. The first-order valence-corrected chi connectivity index (χ1v) is 6.53. The molecule has 1 unspecified atom stereocenters. The molecule has 2 N–H and O–H groups in total. The molecule has 86 valence electrons. The maximum Gasteiger partial charge on any atom is 0.238 e. The van der Waals surface area contributed by atoms with Crippen molar-refractivity contribution in [1.29, 1.82) is 0 Å². The standard InChI is InChI=1S/C10H18N2OS2/c1-10(5-3-7-15-10)9(13)12(2)6-4-8(11)14/h3-7H2,1-2H3,(H2,11,14). The van der Waals surface area contributed by atoms with E-state index in [9.17, 15) is 4.79 Å². The maximum absolute atomic E-state index is 12.1. The molecule has 1 atom stereocenters. The van der Waals surface area contributed by atoms with E-state index in [4.69, 9.17) is 18.0 Å². The Balaban J connectivity index is 2.48. The van der Waals surface area contributed by atoms with E-state index in [-0.39, 0.29) is 10.7 Å². The Hall–Kier alpha value is -0.290. The fraction of sp³-hybridized carbons (Fsp3) is 0.800. The maximum atomic E-state index is 12.1. The molecule has 0 aliphatic carbocycles. The van der Waals surface area contributed by atoms with Crippen LogP contribution < -0.4 is 5.73 Å². The number of nitrogens with two attached hydrogens (primary N) is 1. The first-order valence-electron chi connectivity index (χ1n) is 5.13. The molecule has 1 heterocycles. The van der Waals surface area contributed by atoms with Gasteiger partial charge in [-0.3, -0.25) is 4.79 Å². The van der Waals surface area contributed by atoms with Gasteiger partial charge in [0.15, 0.2) is 0 Å². The number of nitrogens with zero attached hydrogens (tertiary/aromatic N) is 1. The van der Waals surface area contributed by atoms with Crippen molar-refractivity contribution in [3.8, 4) is 0 Å². The molecule has 1 rings (SSSR count). The van der Waals surface area contributed by atoms with Crippen molar-refractivity contribution in [1.82, 2.24) is 4.90 Å². The van der Waals surface area contributed by atoms with E-state index in [1.165, 1.54) is 0 Å². The van der Waals surface area contributed by atoms with Crippen molar-refractivity contribution < 1.29 is 4.79 Å². The zero-order chi connectivity index (χ0) is 11.5. The summed E-state index contributed by atoms with van der Waals surface area (Å²) >= 11 is 6.56. The zero-order valence-corrected chi connectivity index (χ0v) is 10.9. The normalized spacial score (nSPS) is 25.2. The molecule has 1 amide bonds. The number of hydrogen-bond acceptors (Lipinski definition) is 3. The molecule has 1 saturated heterocycles. The summed E-state index contributed by atoms with van der Waals surface area (Å²) in [6, 6.07) is 0. The molecule has 0 saturated carbocycles. The minimum atomic E-state index is -0.217. The van der Waals surface area contributed by atoms with Crippen LogP contribution in [0.5, 0.6) is 0 Å². The Labute approximate surface area is 101 Å². The summed E-state index contributed by atoms with van der Waals surface area (Å²) in [7, 11) is 1.82. The number of carbonyl (C=O) groups excluding carboxylic acids is 1. The summed E-state index contributed by atoms with van der Waals surface area (Å²) < 4.78 is -0.217. The average molecular weight is 246 g/mol. The summed E-state index contributed by atoms with van der Waals surface area (Å²) in [6.45, 7) is 2.66. The van der Waals surface area contributed by atoms with Crippen LogP contribution in [-0.4, -0.2) is 39.9 Å². The van der Waals surface area contributed by atoms with Gasteiger partial charge in [0, 0.05) is 20.0 Å². The van der Waals surface area contributed by atoms with Crippen LogP contribution in [0.2, 0.25) is 0 Å². The largest absolute Gasteiger partial charge is 0.393 e. The van der Waals surface area contributed by atoms with Crippen LogP contribution in [0.25, 0.3) is 0 Å². The fourth-order valence-corrected chi connectivity index (χ4v) is 3.13. The van der Waals surface area contributed by atoms with Gasteiger partial charge in [-0.05, 0) is 25.5 Å². The Bertz CT molecular complexity index is 262. The number of thiocarbonyl (C=S) groups is 1. The van der Waals surface area contributed by atoms with E-state index in [0.717, 1.165) is 18.6 Å². The highest BCUT2D eigenvalue weighted by Gasteiger charge is 2.38. The number of rotatable bonds is 4. The number of thioether (sulfide) groups is 1. The smallest absolute Gasteiger partial charge is 0.238 e. The molecule has 3 nitrogen and oxygen atoms in total. The highest BCUT2D eigenvalue weighted by Crippen LogP contribution is 2.38. The first kappa shape index (κ1) is 12.8. The van der Waals surface area contributed by atoms with Crippen LogP contribution >= 0.6 is 24.0 Å². The van der Waals surface area contributed by atoms with Gasteiger partial charge in [-0.15, -0.1) is 11.8 Å². The third-order valence-electron chi connectivity index (χ3n) is 2.71. The summed E-state index contributed by atoms with van der Waals surface area (Å²) in [4.78, 5) is 14.3. The fourth-order valence-electron chi connectivity index (χ4n) is 1.73. The van der Waals surface area contributed by atoms with E-state index in [2.05, 4.69) is 0 Å². The van der Waals surface area contributed by atoms with Crippen molar-refractivity contribution in [3.05, 3.63) is 0 Å². The van der Waals surface area contributed by atoms with Gasteiger partial charge in [0.05, 0.1) is 9.74 Å². The van der Waals surface area contributed by atoms with Gasteiger partial charge in [-0.25, -0.2) is 0 Å². The van der Waals surface area contributed by atoms with Crippen molar-refractivity contribution in [2.75, 3.05) is 19.3 Å². The third kappa shape index (κ3) is 3.34. The van der Waals surface area contributed by atoms with Gasteiger partial charge in [-0.2, -0.15) is 0 Å². The van der Waals surface area contributed by atoms with Crippen LogP contribution in [-0.2, 0) is 4.79 Å². The molecule has 0 aromatic rings. The van der Waals surface area contributed by atoms with Crippen LogP contribution in [0.3, 0.4) is 0 Å². The zero-order valence-electron chi connectivity index (χ0n) is 9.28. The molecule has 5 heteroatoms. The first-order chi connectivity index (χ1) is 6.96. The molecular formula is C10H18N2OS2. The summed E-state index contributed by atoms with van der Waals surface area (Å²) in [5, 5.41) is 0. The topological polar surface area (TPSA) is 46.3 Å². The molecule has 0 spiro atoms. The molecule has 0 aromatic carbocycles. The molecule has 0 radical (unpaired) electrons. The Morgan fingerprint density at radius 2 is 2.33 bits per heavy atom. The van der Waals surface area contributed by atoms with Gasteiger partial charge in [-0.1, -0.05) is 12.2 Å². The second-order valence-corrected chi connectivity index (χ2v) is 6.25. The highest BCUT2D eigenvalue weighted by molar-refractivity contribution is 8.01. The van der Waals surface area contributed by atoms with E-state index in [0.29, 0.717) is 18.0 Å². The predicted molar refractivity (Wildman–Crippen MR) is 69.1 cm³/mol. The van der Waals surface area contributed by atoms with Crippen LogP contribution in [0, 0.1) is 0 Å². The molecule has 1 aliphatic rings. The molecule has 0 aromatic heterocycles. The summed E-state index contributed by atoms with van der Waals surface area (Å²) in [6.07, 6.45) is 2.72. The van der Waals surface area contributed by atoms with E-state index in [1.807, 2.05) is 14.0 Å². The third-order valence-corrected chi connectivity index (χ3v) is 4.42. The van der Waals surface area contributed by atoms with Gasteiger partial charge in [0.25, 0.3) is 0 Å². The lowest BCUT2D eigenvalue weighted by molar-refractivity contribution is -0.132. The lowest BCUT2D eigenvalue weighted by Gasteiger charge is -2.28. The van der Waals surface area contributed by atoms with Crippen LogP contribution in [0.15, 0.2) is 0 Å². The summed E-state index contributed by atoms with van der Waals surface area (Å²) in [5.74, 6) is 1.30. The van der Waals surface area contributed by atoms with Gasteiger partial charge in [0.2, 0.25) is 5.91 Å². The van der Waals surface area contributed by atoms with Crippen molar-refractivity contribution in [2.45, 2.75) is 30.9 Å². The van der Waals surface area contributed by atoms with E-state index >= 15 is 0 Å². The summed E-state index contributed by atoms with van der Waals surface area (Å²) in [5.41, 5.74) is 5.42. The number of amides is 1. The second kappa shape index (κ2) is 5.16. The highest BCUT2D eigenvalue weighted by atomic mass is 32.2. The quantitative estimate of drug-likeness (QED) is 0.762. The number of hydrogen-bond donors (Lipinski definition) is 1. The van der Waals surface area contributed by atoms with E-state index < -0.39 is 0 Å². The Morgan fingerprint density at radius 3 is 2.80 bits per heavy atom. The number of carbonyl (C=O) groups is 1. The SMILES string of the molecule is CN(CCC(N)=S)C(=O)C1(C)CCCS1. The average Bonchev–Trinajstić information content (AvgIpc) is 2.61. The van der Waals surface area contributed by atoms with Gasteiger partial charge >= 0.3 is 0 Å². The minimum absolute atomic E-state index is 0.209. The Morgan fingerprint density at radius 1 is 1.67 bits per heavy atom. The van der Waals surface area contributed by atoms with Crippen LogP contribution in [0.4, 0.5) is 0 Å². The predicted octanol–water partition coefficient (Wildman–Crippen LogP) is 1.41. The molecule has 15 heavy (non-hydrogen) atoms. The van der Waals surface area contributed by atoms with E-state index in [1.54, 1.807) is 16.7 Å². The van der Waals surface area contributed by atoms with Crippen molar-refractivity contribution in [2.24, 2.45) is 5.73 Å². The monoisotopic (exact) mass is 246 g/mol.